The number of amides is 1. The molecule has 2 N–H and O–H groups in total. The van der Waals surface area contributed by atoms with Gasteiger partial charge in [0.2, 0.25) is 5.88 Å². The summed E-state index contributed by atoms with van der Waals surface area (Å²) in [4.78, 5) is 17.8. The number of hydrogen-bond acceptors (Lipinski definition) is 6. The molecule has 4 atom stereocenters. The fourth-order valence-electron chi connectivity index (χ4n) is 3.68. The first kappa shape index (κ1) is 20.6. The Morgan fingerprint density at radius 2 is 1.97 bits per heavy atom. The highest BCUT2D eigenvalue weighted by Gasteiger charge is 2.42. The Hall–Kier alpha value is -2.62. The van der Waals surface area contributed by atoms with E-state index in [1.165, 1.54) is 18.2 Å². The van der Waals surface area contributed by atoms with Gasteiger partial charge in [0.25, 0.3) is 11.8 Å². The third kappa shape index (κ3) is 4.00. The van der Waals surface area contributed by atoms with Crippen LogP contribution in [0, 0.1) is 0 Å². The van der Waals surface area contributed by atoms with Crippen molar-refractivity contribution in [1.29, 1.82) is 0 Å². The van der Waals surface area contributed by atoms with Gasteiger partial charge in [-0.15, -0.1) is 0 Å². The van der Waals surface area contributed by atoms with Crippen LogP contribution < -0.4 is 4.74 Å². The van der Waals surface area contributed by atoms with Crippen molar-refractivity contribution in [2.75, 3.05) is 13.2 Å². The van der Waals surface area contributed by atoms with Crippen LogP contribution in [0.25, 0.3) is 0 Å². The number of halogens is 2. The molecule has 0 radical (unpaired) electrons. The zero-order valence-electron chi connectivity index (χ0n) is 16.2. The highest BCUT2D eigenvalue weighted by molar-refractivity contribution is 5.98. The van der Waals surface area contributed by atoms with Crippen molar-refractivity contribution in [2.45, 2.75) is 43.8 Å². The standard InChI is InChI=1S/C21H22F2N2O5/c1-21(22,23)16-7-4-8-17(24-16)30-15-11-29-14(18(26)19(15)27)10-25-9-12-5-2-3-6-13(12)20(25)28/h2-8,14-15,18-19,26-27H,9-11H2,1H3/t14-,15+,18+,19-/m1/s1. The van der Waals surface area contributed by atoms with E-state index in [1.807, 2.05) is 12.1 Å². The quantitative estimate of drug-likeness (QED) is 0.765. The molecule has 30 heavy (non-hydrogen) atoms. The molecular weight excluding hydrogens is 398 g/mol. The van der Waals surface area contributed by atoms with Crippen molar-refractivity contribution < 1.29 is 33.3 Å². The number of fused-ring (bicyclic) bond motifs is 1. The van der Waals surface area contributed by atoms with Gasteiger partial charge in [0.05, 0.1) is 13.2 Å². The molecular formula is C21H22F2N2O5. The first-order chi connectivity index (χ1) is 14.2. The van der Waals surface area contributed by atoms with Crippen LogP contribution in [-0.4, -0.2) is 63.6 Å². The van der Waals surface area contributed by atoms with Gasteiger partial charge in [0, 0.05) is 25.1 Å². The minimum Gasteiger partial charge on any atom is -0.469 e. The Morgan fingerprint density at radius 1 is 1.20 bits per heavy atom. The average Bonchev–Trinajstić information content (AvgIpc) is 3.03. The number of carbonyl (C=O) groups is 1. The van der Waals surface area contributed by atoms with Crippen LogP contribution in [0.5, 0.6) is 5.88 Å². The number of aliphatic hydroxyl groups excluding tert-OH is 2. The van der Waals surface area contributed by atoms with E-state index >= 15 is 0 Å². The van der Waals surface area contributed by atoms with Crippen LogP contribution in [0.15, 0.2) is 42.5 Å². The Kier molecular flexibility index (Phi) is 5.44. The average molecular weight is 420 g/mol. The van der Waals surface area contributed by atoms with E-state index < -0.39 is 36.0 Å². The molecule has 0 aliphatic carbocycles. The highest BCUT2D eigenvalue weighted by Crippen LogP contribution is 2.28. The Bertz CT molecular complexity index is 936. The van der Waals surface area contributed by atoms with Gasteiger partial charge in [0.15, 0.2) is 6.10 Å². The lowest BCUT2D eigenvalue weighted by molar-refractivity contribution is -0.183. The topological polar surface area (TPSA) is 92.1 Å². The Balaban J connectivity index is 1.39. The fraction of sp³-hybridized carbons (Fsp3) is 0.429. The SMILES string of the molecule is CC(F)(F)c1cccc(O[C@H]2CO[C@H](CN3Cc4ccccc4C3=O)[C@H](O)[C@@H]2O)n1. The zero-order chi connectivity index (χ0) is 21.5. The number of aliphatic hydroxyl groups is 2. The van der Waals surface area contributed by atoms with Gasteiger partial charge in [-0.2, -0.15) is 8.78 Å². The summed E-state index contributed by atoms with van der Waals surface area (Å²) in [5.74, 6) is -3.39. The first-order valence-corrected chi connectivity index (χ1v) is 9.61. The number of aromatic nitrogens is 1. The summed E-state index contributed by atoms with van der Waals surface area (Å²) in [7, 11) is 0. The summed E-state index contributed by atoms with van der Waals surface area (Å²) in [6, 6.07) is 11.2. The summed E-state index contributed by atoms with van der Waals surface area (Å²) in [6.07, 6.45) is -4.46. The number of ether oxygens (including phenoxy) is 2. The van der Waals surface area contributed by atoms with Crippen LogP contribution in [-0.2, 0) is 17.2 Å². The fourth-order valence-corrected chi connectivity index (χ4v) is 3.68. The van der Waals surface area contributed by atoms with Crippen LogP contribution in [0.4, 0.5) is 8.78 Å². The van der Waals surface area contributed by atoms with Crippen molar-refractivity contribution in [3.05, 3.63) is 59.3 Å². The minimum absolute atomic E-state index is 0.0910. The van der Waals surface area contributed by atoms with Gasteiger partial charge >= 0.3 is 0 Å². The number of rotatable bonds is 5. The second-order valence-corrected chi connectivity index (χ2v) is 7.60. The molecule has 0 bridgehead atoms. The molecule has 0 unspecified atom stereocenters. The normalized spacial score (nSPS) is 26.6. The summed E-state index contributed by atoms with van der Waals surface area (Å²) in [6.45, 7) is 1.14. The molecule has 2 aliphatic rings. The molecule has 0 saturated carbocycles. The monoisotopic (exact) mass is 420 g/mol. The van der Waals surface area contributed by atoms with Crippen LogP contribution in [0.1, 0.15) is 28.5 Å². The lowest BCUT2D eigenvalue weighted by Gasteiger charge is -2.38. The lowest BCUT2D eigenvalue weighted by Crippen LogP contribution is -2.57. The molecule has 2 aromatic rings. The predicted octanol–water partition coefficient (Wildman–Crippen LogP) is 1.72. The number of pyridine rings is 1. The van der Waals surface area contributed by atoms with E-state index in [4.69, 9.17) is 9.47 Å². The Morgan fingerprint density at radius 3 is 2.70 bits per heavy atom. The minimum atomic E-state index is -3.13. The summed E-state index contributed by atoms with van der Waals surface area (Å²) in [5.41, 5.74) is 1.05. The number of benzene rings is 1. The molecule has 1 aromatic heterocycles. The number of nitrogens with zero attached hydrogens (tertiary/aromatic N) is 2. The molecule has 9 heteroatoms. The van der Waals surface area contributed by atoms with Crippen molar-refractivity contribution in [1.82, 2.24) is 9.88 Å². The van der Waals surface area contributed by atoms with Crippen LogP contribution in [0.2, 0.25) is 0 Å². The van der Waals surface area contributed by atoms with E-state index in [9.17, 15) is 23.8 Å². The van der Waals surface area contributed by atoms with Gasteiger partial charge in [-0.25, -0.2) is 4.98 Å². The number of carbonyl (C=O) groups excluding carboxylic acids is 1. The molecule has 2 aliphatic heterocycles. The van der Waals surface area contributed by atoms with Gasteiger partial charge in [-0.1, -0.05) is 24.3 Å². The second-order valence-electron chi connectivity index (χ2n) is 7.60. The van der Waals surface area contributed by atoms with Crippen molar-refractivity contribution >= 4 is 5.91 Å². The largest absolute Gasteiger partial charge is 0.469 e. The third-order valence-electron chi connectivity index (χ3n) is 5.33. The summed E-state index contributed by atoms with van der Waals surface area (Å²) >= 11 is 0. The molecule has 4 rings (SSSR count). The summed E-state index contributed by atoms with van der Waals surface area (Å²) < 4.78 is 38.1. The molecule has 160 valence electrons. The first-order valence-electron chi connectivity index (χ1n) is 9.61. The molecule has 1 aromatic carbocycles. The Labute approximate surface area is 171 Å². The van der Waals surface area contributed by atoms with E-state index in [0.29, 0.717) is 12.1 Å². The van der Waals surface area contributed by atoms with E-state index in [1.54, 1.807) is 17.0 Å². The van der Waals surface area contributed by atoms with Gasteiger partial charge in [-0.3, -0.25) is 4.79 Å². The summed E-state index contributed by atoms with van der Waals surface area (Å²) in [5, 5.41) is 21.0. The van der Waals surface area contributed by atoms with Crippen molar-refractivity contribution in [3.8, 4) is 5.88 Å². The smallest absolute Gasteiger partial charge is 0.287 e. The zero-order valence-corrected chi connectivity index (χ0v) is 16.2. The van der Waals surface area contributed by atoms with Crippen molar-refractivity contribution in [2.24, 2.45) is 0 Å². The van der Waals surface area contributed by atoms with E-state index in [2.05, 4.69) is 4.98 Å². The van der Waals surface area contributed by atoms with Gasteiger partial charge in [0.1, 0.15) is 24.0 Å². The molecule has 1 amide bonds. The van der Waals surface area contributed by atoms with Crippen LogP contribution in [0.3, 0.4) is 0 Å². The maximum Gasteiger partial charge on any atom is 0.287 e. The van der Waals surface area contributed by atoms with Crippen molar-refractivity contribution in [3.63, 3.8) is 0 Å². The number of hydrogen-bond donors (Lipinski definition) is 2. The molecule has 1 fully saturated rings. The van der Waals surface area contributed by atoms with E-state index in [0.717, 1.165) is 12.5 Å². The van der Waals surface area contributed by atoms with Gasteiger partial charge < -0.3 is 24.6 Å². The second kappa shape index (κ2) is 7.90. The van der Waals surface area contributed by atoms with Crippen LogP contribution >= 0.6 is 0 Å². The van der Waals surface area contributed by atoms with E-state index in [-0.39, 0.29) is 24.9 Å². The molecule has 7 nitrogen and oxygen atoms in total. The maximum absolute atomic E-state index is 13.5. The highest BCUT2D eigenvalue weighted by atomic mass is 19.3. The third-order valence-corrected chi connectivity index (χ3v) is 5.33. The molecule has 1 saturated heterocycles. The predicted molar refractivity (Wildman–Crippen MR) is 101 cm³/mol. The maximum atomic E-state index is 13.5. The lowest BCUT2D eigenvalue weighted by atomic mass is 9.99. The van der Waals surface area contributed by atoms with Gasteiger partial charge in [-0.05, 0) is 17.7 Å². The number of alkyl halides is 2. The molecule has 3 heterocycles. The molecule has 0 spiro atoms.